The van der Waals surface area contributed by atoms with Crippen molar-refractivity contribution in [2.75, 3.05) is 6.54 Å². The quantitative estimate of drug-likeness (QED) is 0.565. The highest BCUT2D eigenvalue weighted by Crippen LogP contribution is 2.16. The van der Waals surface area contributed by atoms with Gasteiger partial charge in [0, 0.05) is 6.54 Å². The van der Waals surface area contributed by atoms with Gasteiger partial charge in [-0.25, -0.2) is 4.79 Å². The van der Waals surface area contributed by atoms with Crippen LogP contribution in [0.3, 0.4) is 0 Å². The number of likely N-dealkylation sites (tertiary alicyclic amines) is 1. The van der Waals surface area contributed by atoms with Crippen LogP contribution in [0.5, 0.6) is 0 Å². The second-order valence-corrected chi connectivity index (χ2v) is 3.01. The van der Waals surface area contributed by atoms with E-state index in [1.165, 1.54) is 4.90 Å². The lowest BCUT2D eigenvalue weighted by molar-refractivity contribution is 0.150. The Labute approximate surface area is 70.0 Å². The number of rotatable bonds is 1. The summed E-state index contributed by atoms with van der Waals surface area (Å²) in [6, 6.07) is -0.234. The Balaban J connectivity index is 2.65. The van der Waals surface area contributed by atoms with Crippen molar-refractivity contribution in [1.82, 2.24) is 4.90 Å². The minimum absolute atomic E-state index is 0.234. The summed E-state index contributed by atoms with van der Waals surface area (Å²) in [5.74, 6) is 0. The summed E-state index contributed by atoms with van der Waals surface area (Å²) in [5, 5.41) is 8.64. The SMILES string of the molecule is NC(=S)[C@@H]1CCCN1C(=O)O. The topological polar surface area (TPSA) is 66.6 Å². The first-order valence-corrected chi connectivity index (χ1v) is 3.82. The second kappa shape index (κ2) is 3.04. The van der Waals surface area contributed by atoms with Crippen LogP contribution in [0.1, 0.15) is 12.8 Å². The molecule has 0 aliphatic carbocycles. The Hall–Kier alpha value is -0.840. The number of amides is 1. The molecule has 0 unspecified atom stereocenters. The highest BCUT2D eigenvalue weighted by atomic mass is 32.1. The van der Waals surface area contributed by atoms with Gasteiger partial charge in [0.25, 0.3) is 0 Å². The second-order valence-electron chi connectivity index (χ2n) is 2.54. The smallest absolute Gasteiger partial charge is 0.407 e. The van der Waals surface area contributed by atoms with Crippen LogP contribution in [0.2, 0.25) is 0 Å². The molecule has 1 saturated heterocycles. The molecular formula is C6H10N2O2S. The number of carboxylic acid groups (broad SMARTS) is 1. The third-order valence-corrected chi connectivity index (χ3v) is 2.10. The number of thiocarbonyl (C=S) groups is 1. The van der Waals surface area contributed by atoms with Crippen LogP contribution in [0.25, 0.3) is 0 Å². The number of nitrogens with zero attached hydrogens (tertiary/aromatic N) is 1. The Kier molecular flexibility index (Phi) is 2.28. The number of carbonyl (C=O) groups is 1. The van der Waals surface area contributed by atoms with Gasteiger partial charge in [0.2, 0.25) is 0 Å². The lowest BCUT2D eigenvalue weighted by Crippen LogP contribution is -2.42. The number of nitrogens with two attached hydrogens (primary N) is 1. The van der Waals surface area contributed by atoms with Crippen LogP contribution >= 0.6 is 12.2 Å². The molecule has 1 fully saturated rings. The van der Waals surface area contributed by atoms with E-state index in [9.17, 15) is 4.79 Å². The maximum absolute atomic E-state index is 10.5. The normalized spacial score (nSPS) is 23.6. The monoisotopic (exact) mass is 174 g/mol. The first-order chi connectivity index (χ1) is 5.13. The molecule has 1 aliphatic heterocycles. The summed E-state index contributed by atoms with van der Waals surface area (Å²) >= 11 is 4.72. The Morgan fingerprint density at radius 2 is 2.36 bits per heavy atom. The van der Waals surface area contributed by atoms with Crippen LogP contribution < -0.4 is 5.73 Å². The molecule has 0 aromatic heterocycles. The average molecular weight is 174 g/mol. The molecule has 1 aliphatic rings. The molecule has 62 valence electrons. The molecule has 1 atom stereocenters. The van der Waals surface area contributed by atoms with E-state index in [0.29, 0.717) is 6.54 Å². The minimum Gasteiger partial charge on any atom is -0.465 e. The predicted octanol–water partition coefficient (Wildman–Crippen LogP) is 0.415. The number of hydrogen-bond acceptors (Lipinski definition) is 2. The van der Waals surface area contributed by atoms with Crippen LogP contribution in [0.15, 0.2) is 0 Å². The van der Waals surface area contributed by atoms with Gasteiger partial charge < -0.3 is 10.8 Å². The molecule has 0 aromatic carbocycles. The summed E-state index contributed by atoms with van der Waals surface area (Å²) in [7, 11) is 0. The molecule has 5 heteroatoms. The minimum atomic E-state index is -0.930. The lowest BCUT2D eigenvalue weighted by Gasteiger charge is -2.19. The van der Waals surface area contributed by atoms with E-state index in [1.807, 2.05) is 0 Å². The average Bonchev–Trinajstić information content (AvgIpc) is 2.32. The molecule has 4 nitrogen and oxygen atoms in total. The maximum Gasteiger partial charge on any atom is 0.407 e. The third-order valence-electron chi connectivity index (χ3n) is 1.83. The van der Waals surface area contributed by atoms with Crippen molar-refractivity contribution in [2.45, 2.75) is 18.9 Å². The molecule has 0 radical (unpaired) electrons. The Morgan fingerprint density at radius 1 is 1.73 bits per heavy atom. The van der Waals surface area contributed by atoms with Gasteiger partial charge in [-0.15, -0.1) is 0 Å². The van der Waals surface area contributed by atoms with Crippen LogP contribution in [0.4, 0.5) is 4.79 Å². The molecule has 0 bridgehead atoms. The van der Waals surface area contributed by atoms with Crippen LogP contribution in [0, 0.1) is 0 Å². The molecule has 1 amide bonds. The van der Waals surface area contributed by atoms with Gasteiger partial charge in [-0.1, -0.05) is 12.2 Å². The molecule has 1 heterocycles. The highest BCUT2D eigenvalue weighted by Gasteiger charge is 2.29. The predicted molar refractivity (Wildman–Crippen MR) is 44.5 cm³/mol. The van der Waals surface area contributed by atoms with Crippen LogP contribution in [-0.4, -0.2) is 33.7 Å². The molecule has 0 aromatic rings. The van der Waals surface area contributed by atoms with E-state index in [0.717, 1.165) is 12.8 Å². The molecular weight excluding hydrogens is 164 g/mol. The van der Waals surface area contributed by atoms with E-state index in [2.05, 4.69) is 0 Å². The first-order valence-electron chi connectivity index (χ1n) is 3.42. The van der Waals surface area contributed by atoms with Crippen molar-refractivity contribution in [3.63, 3.8) is 0 Å². The standard InChI is InChI=1S/C6H10N2O2S/c7-5(11)4-2-1-3-8(4)6(9)10/h4H,1-3H2,(H2,7,11)(H,9,10)/t4-/m0/s1. The summed E-state index contributed by atoms with van der Waals surface area (Å²) in [4.78, 5) is 12.1. The zero-order valence-corrected chi connectivity index (χ0v) is 6.80. The molecule has 0 saturated carbocycles. The van der Waals surface area contributed by atoms with Gasteiger partial charge in [-0.2, -0.15) is 0 Å². The van der Waals surface area contributed by atoms with Crippen LogP contribution in [-0.2, 0) is 0 Å². The highest BCUT2D eigenvalue weighted by molar-refractivity contribution is 7.80. The summed E-state index contributed by atoms with van der Waals surface area (Å²) in [6.45, 7) is 0.553. The molecule has 1 rings (SSSR count). The summed E-state index contributed by atoms with van der Waals surface area (Å²) < 4.78 is 0. The largest absolute Gasteiger partial charge is 0.465 e. The maximum atomic E-state index is 10.5. The third kappa shape index (κ3) is 1.59. The Bertz CT molecular complexity index is 175. The molecule has 3 N–H and O–H groups in total. The fourth-order valence-electron chi connectivity index (χ4n) is 1.29. The molecule has 0 spiro atoms. The van der Waals surface area contributed by atoms with Gasteiger partial charge in [0.05, 0.1) is 11.0 Å². The van der Waals surface area contributed by atoms with Gasteiger partial charge in [0.1, 0.15) is 0 Å². The fourth-order valence-corrected chi connectivity index (χ4v) is 1.54. The van der Waals surface area contributed by atoms with Crippen molar-refractivity contribution in [2.24, 2.45) is 5.73 Å². The van der Waals surface area contributed by atoms with Crippen molar-refractivity contribution in [1.29, 1.82) is 0 Å². The van der Waals surface area contributed by atoms with Crippen molar-refractivity contribution in [3.05, 3.63) is 0 Å². The van der Waals surface area contributed by atoms with Gasteiger partial charge in [-0.3, -0.25) is 4.90 Å². The fraction of sp³-hybridized carbons (Fsp3) is 0.667. The van der Waals surface area contributed by atoms with Gasteiger partial charge in [-0.05, 0) is 12.8 Å². The van der Waals surface area contributed by atoms with Crippen molar-refractivity contribution in [3.8, 4) is 0 Å². The summed E-state index contributed by atoms with van der Waals surface area (Å²) in [6.07, 6.45) is 0.691. The van der Waals surface area contributed by atoms with E-state index in [4.69, 9.17) is 23.1 Å². The zero-order chi connectivity index (χ0) is 8.43. The van der Waals surface area contributed by atoms with E-state index >= 15 is 0 Å². The van der Waals surface area contributed by atoms with Crippen molar-refractivity contribution < 1.29 is 9.90 Å². The first kappa shape index (κ1) is 8.26. The zero-order valence-electron chi connectivity index (χ0n) is 5.99. The molecule has 11 heavy (non-hydrogen) atoms. The Morgan fingerprint density at radius 3 is 2.73 bits per heavy atom. The van der Waals surface area contributed by atoms with Crippen molar-refractivity contribution >= 4 is 23.3 Å². The van der Waals surface area contributed by atoms with Gasteiger partial charge in [0.15, 0.2) is 0 Å². The summed E-state index contributed by atoms with van der Waals surface area (Å²) in [5.41, 5.74) is 5.35. The lowest BCUT2D eigenvalue weighted by atomic mass is 10.2. The van der Waals surface area contributed by atoms with E-state index in [-0.39, 0.29) is 11.0 Å². The van der Waals surface area contributed by atoms with E-state index < -0.39 is 6.09 Å². The van der Waals surface area contributed by atoms with E-state index in [1.54, 1.807) is 0 Å². The van der Waals surface area contributed by atoms with Gasteiger partial charge >= 0.3 is 6.09 Å². The number of hydrogen-bond donors (Lipinski definition) is 2.